The summed E-state index contributed by atoms with van der Waals surface area (Å²) in [5.74, 6) is -1.01. The maximum Gasteiger partial charge on any atom is 0.417 e. The lowest BCUT2D eigenvalue weighted by Crippen LogP contribution is -2.45. The van der Waals surface area contributed by atoms with Crippen LogP contribution in [0.25, 0.3) is 0 Å². The van der Waals surface area contributed by atoms with Gasteiger partial charge in [-0.2, -0.15) is 13.2 Å². The molecule has 0 aliphatic rings. The number of esters is 1. The largest absolute Gasteiger partial charge is 0.459 e. The van der Waals surface area contributed by atoms with E-state index in [-0.39, 0.29) is 0 Å². The molecule has 0 saturated carbocycles. The van der Waals surface area contributed by atoms with E-state index in [4.69, 9.17) is 4.74 Å². The van der Waals surface area contributed by atoms with Crippen LogP contribution in [0.15, 0.2) is 23.4 Å². The van der Waals surface area contributed by atoms with Gasteiger partial charge in [-0.25, -0.2) is 13.4 Å². The van der Waals surface area contributed by atoms with Gasteiger partial charge in [0.2, 0.25) is 9.84 Å². The van der Waals surface area contributed by atoms with Gasteiger partial charge in [0, 0.05) is 6.20 Å². The normalized spacial score (nSPS) is 13.7. The van der Waals surface area contributed by atoms with Crippen molar-refractivity contribution in [3.63, 3.8) is 0 Å². The molecule has 1 rings (SSSR count). The fourth-order valence-corrected chi connectivity index (χ4v) is 2.70. The highest BCUT2D eigenvalue weighted by molar-refractivity contribution is 7.93. The summed E-state index contributed by atoms with van der Waals surface area (Å²) in [6.45, 7) is 6.96. The third-order valence-electron chi connectivity index (χ3n) is 2.90. The van der Waals surface area contributed by atoms with Crippen LogP contribution in [-0.4, -0.2) is 29.7 Å². The number of carbonyl (C=O) groups is 1. The number of rotatable bonds is 3. The molecule has 23 heavy (non-hydrogen) atoms. The first-order chi connectivity index (χ1) is 10.1. The molecular formula is C14H18F3NO4S. The fraction of sp³-hybridized carbons (Fsp3) is 0.571. The predicted molar refractivity (Wildman–Crippen MR) is 76.3 cm³/mol. The van der Waals surface area contributed by atoms with E-state index in [1.165, 1.54) is 0 Å². The first kappa shape index (κ1) is 19.4. The molecule has 1 aromatic heterocycles. The van der Waals surface area contributed by atoms with Gasteiger partial charge in [0.1, 0.15) is 5.60 Å². The Morgan fingerprint density at radius 1 is 1.09 bits per heavy atom. The monoisotopic (exact) mass is 353 g/mol. The quantitative estimate of drug-likeness (QED) is 0.781. The Bertz CT molecular complexity index is 686. The molecule has 1 aromatic rings. The SMILES string of the molecule is CC(C)(C)OC(=O)C(C)(C)S(=O)(=O)c1ccc(C(F)(F)F)cn1. The Hall–Kier alpha value is -1.64. The van der Waals surface area contributed by atoms with Gasteiger partial charge in [0.25, 0.3) is 0 Å². The number of pyridine rings is 1. The molecule has 0 aliphatic heterocycles. The van der Waals surface area contributed by atoms with Crippen molar-refractivity contribution in [3.8, 4) is 0 Å². The van der Waals surface area contributed by atoms with Crippen LogP contribution in [-0.2, 0) is 25.5 Å². The van der Waals surface area contributed by atoms with Crippen molar-refractivity contribution in [2.75, 3.05) is 0 Å². The van der Waals surface area contributed by atoms with Crippen LogP contribution in [0.2, 0.25) is 0 Å². The maximum absolute atomic E-state index is 12.5. The number of halogens is 3. The lowest BCUT2D eigenvalue weighted by atomic mass is 10.1. The summed E-state index contributed by atoms with van der Waals surface area (Å²) in [5, 5.41) is -0.624. The van der Waals surface area contributed by atoms with Crippen LogP contribution in [0.1, 0.15) is 40.2 Å². The van der Waals surface area contributed by atoms with Gasteiger partial charge >= 0.3 is 12.1 Å². The Kier molecular flexibility index (Phi) is 4.87. The lowest BCUT2D eigenvalue weighted by molar-refractivity contribution is -0.157. The van der Waals surface area contributed by atoms with Gasteiger partial charge in [-0.15, -0.1) is 0 Å². The third-order valence-corrected chi connectivity index (χ3v) is 5.20. The Morgan fingerprint density at radius 2 is 1.61 bits per heavy atom. The summed E-state index contributed by atoms with van der Waals surface area (Å²) >= 11 is 0. The van der Waals surface area contributed by atoms with Gasteiger partial charge in [0.15, 0.2) is 9.77 Å². The van der Waals surface area contributed by atoms with Gasteiger partial charge < -0.3 is 4.74 Å². The number of hydrogen-bond donors (Lipinski definition) is 0. The van der Waals surface area contributed by atoms with E-state index in [2.05, 4.69) is 4.98 Å². The summed E-state index contributed by atoms with van der Waals surface area (Å²) in [7, 11) is -4.33. The molecular weight excluding hydrogens is 335 g/mol. The smallest absolute Gasteiger partial charge is 0.417 e. The minimum atomic E-state index is -4.63. The molecule has 5 nitrogen and oxygen atoms in total. The average molecular weight is 353 g/mol. The molecule has 0 fully saturated rings. The van der Waals surface area contributed by atoms with E-state index in [0.29, 0.717) is 12.3 Å². The Balaban J connectivity index is 3.22. The first-order valence-electron chi connectivity index (χ1n) is 6.60. The van der Waals surface area contributed by atoms with Crippen LogP contribution in [0.5, 0.6) is 0 Å². The number of ether oxygens (including phenoxy) is 1. The Morgan fingerprint density at radius 3 is 1.96 bits per heavy atom. The number of sulfone groups is 1. The molecule has 0 saturated heterocycles. The molecule has 130 valence electrons. The third kappa shape index (κ3) is 4.21. The minimum Gasteiger partial charge on any atom is -0.459 e. The van der Waals surface area contributed by atoms with Crippen LogP contribution in [0.3, 0.4) is 0 Å². The number of alkyl halides is 3. The molecule has 0 spiro atoms. The second-order valence-corrected chi connectivity index (χ2v) is 8.84. The fourth-order valence-electron chi connectivity index (χ4n) is 1.48. The molecule has 0 N–H and O–H groups in total. The number of nitrogens with zero attached hydrogens (tertiary/aromatic N) is 1. The first-order valence-corrected chi connectivity index (χ1v) is 8.09. The van der Waals surface area contributed by atoms with Crippen molar-refractivity contribution in [2.24, 2.45) is 0 Å². The maximum atomic E-state index is 12.5. The van der Waals surface area contributed by atoms with E-state index >= 15 is 0 Å². The number of carbonyl (C=O) groups excluding carboxylic acids is 1. The van der Waals surface area contributed by atoms with Crippen LogP contribution < -0.4 is 0 Å². The van der Waals surface area contributed by atoms with Gasteiger partial charge in [0.05, 0.1) is 5.56 Å². The zero-order valence-electron chi connectivity index (χ0n) is 13.4. The zero-order valence-corrected chi connectivity index (χ0v) is 14.2. The minimum absolute atomic E-state index is 0.415. The molecule has 0 aliphatic carbocycles. The summed E-state index contributed by atoms with van der Waals surface area (Å²) < 4.78 is 65.6. The van der Waals surface area contributed by atoms with E-state index in [9.17, 15) is 26.4 Å². The van der Waals surface area contributed by atoms with E-state index < -0.39 is 42.9 Å². The van der Waals surface area contributed by atoms with Crippen molar-refractivity contribution in [1.82, 2.24) is 4.98 Å². The summed E-state index contributed by atoms with van der Waals surface area (Å²) in [6, 6.07) is 1.33. The standard InChI is InChI=1S/C14H18F3NO4S/c1-12(2,3)22-11(19)13(4,5)23(20,21)10-7-6-9(8-18-10)14(15,16)17/h6-8H,1-5H3. The molecule has 0 amide bonds. The molecule has 0 radical (unpaired) electrons. The average Bonchev–Trinajstić information content (AvgIpc) is 2.35. The van der Waals surface area contributed by atoms with Crippen LogP contribution >= 0.6 is 0 Å². The summed E-state index contributed by atoms with van der Waals surface area (Å²) in [5.41, 5.74) is -1.98. The van der Waals surface area contributed by atoms with Crippen LogP contribution in [0, 0.1) is 0 Å². The van der Waals surface area contributed by atoms with E-state index in [1.54, 1.807) is 20.8 Å². The highest BCUT2D eigenvalue weighted by Gasteiger charge is 2.46. The second-order valence-electron chi connectivity index (χ2n) is 6.40. The van der Waals surface area contributed by atoms with Crippen LogP contribution in [0.4, 0.5) is 13.2 Å². The zero-order chi connectivity index (χ0) is 18.3. The molecule has 9 heteroatoms. The molecule has 0 atom stereocenters. The summed E-state index contributed by atoms with van der Waals surface area (Å²) in [4.78, 5) is 15.5. The van der Waals surface area contributed by atoms with Crippen molar-refractivity contribution in [2.45, 2.75) is 56.2 Å². The van der Waals surface area contributed by atoms with Crippen molar-refractivity contribution in [1.29, 1.82) is 0 Å². The molecule has 0 bridgehead atoms. The van der Waals surface area contributed by atoms with Crippen molar-refractivity contribution < 1.29 is 31.1 Å². The van der Waals surface area contributed by atoms with Crippen molar-refractivity contribution in [3.05, 3.63) is 23.9 Å². The van der Waals surface area contributed by atoms with E-state index in [1.807, 2.05) is 0 Å². The van der Waals surface area contributed by atoms with Gasteiger partial charge in [-0.3, -0.25) is 4.79 Å². The molecule has 0 unspecified atom stereocenters. The number of hydrogen-bond acceptors (Lipinski definition) is 5. The Labute approximate surface area is 132 Å². The number of aromatic nitrogens is 1. The summed E-state index contributed by atoms with van der Waals surface area (Å²) in [6.07, 6.45) is -4.21. The van der Waals surface area contributed by atoms with Gasteiger partial charge in [-0.1, -0.05) is 0 Å². The highest BCUT2D eigenvalue weighted by Crippen LogP contribution is 2.31. The highest BCUT2D eigenvalue weighted by atomic mass is 32.2. The lowest BCUT2D eigenvalue weighted by Gasteiger charge is -2.28. The molecule has 0 aromatic carbocycles. The predicted octanol–water partition coefficient (Wildman–Crippen LogP) is 2.99. The topological polar surface area (TPSA) is 73.3 Å². The van der Waals surface area contributed by atoms with E-state index in [0.717, 1.165) is 19.9 Å². The van der Waals surface area contributed by atoms with Gasteiger partial charge in [-0.05, 0) is 46.8 Å². The van der Waals surface area contributed by atoms with Crippen molar-refractivity contribution >= 4 is 15.8 Å². The second kappa shape index (κ2) is 5.77. The molecule has 1 heterocycles.